The highest BCUT2D eigenvalue weighted by atomic mass is 32.2. The molecule has 7 rings (SSSR count). The van der Waals surface area contributed by atoms with Crippen LogP contribution in [0.1, 0.15) is 110 Å². The number of fused-ring (bicyclic) bond motifs is 5. The molecule has 8 atom stereocenters. The van der Waals surface area contributed by atoms with E-state index >= 15 is 8.78 Å². The summed E-state index contributed by atoms with van der Waals surface area (Å²) in [6.07, 6.45) is -3.02. The molecule has 1 aromatic carbocycles. The maximum absolute atomic E-state index is 16.5. The van der Waals surface area contributed by atoms with Gasteiger partial charge in [0.05, 0.1) is 41.4 Å². The second-order valence-electron chi connectivity index (χ2n) is 18.7. The van der Waals surface area contributed by atoms with Gasteiger partial charge in [-0.2, -0.15) is 8.78 Å². The van der Waals surface area contributed by atoms with Gasteiger partial charge in [0.1, 0.15) is 24.0 Å². The lowest BCUT2D eigenvalue weighted by molar-refractivity contribution is -0.143. The van der Waals surface area contributed by atoms with Crippen LogP contribution in [-0.2, 0) is 35.1 Å². The molecule has 2 bridgehead atoms. The Morgan fingerprint density at radius 1 is 1.00 bits per heavy atom. The minimum Gasteiger partial charge on any atom is -0.497 e. The van der Waals surface area contributed by atoms with Crippen molar-refractivity contribution in [3.05, 3.63) is 23.9 Å². The third kappa shape index (κ3) is 9.26. The van der Waals surface area contributed by atoms with Crippen LogP contribution in [0.4, 0.5) is 22.4 Å². The zero-order valence-electron chi connectivity index (χ0n) is 35.1. The Labute approximate surface area is 352 Å². The molecule has 1 aromatic heterocycles. The lowest BCUT2D eigenvalue weighted by Crippen LogP contribution is -2.58. The Balaban J connectivity index is 1.29. The molecule has 3 amide bonds. The normalized spacial score (nSPS) is 31.1. The van der Waals surface area contributed by atoms with Gasteiger partial charge in [-0.3, -0.25) is 19.1 Å². The third-order valence-corrected chi connectivity index (χ3v) is 15.0. The Morgan fingerprint density at radius 2 is 1.69 bits per heavy atom. The number of Topliss-reactive ketones (excluding diaryl/α,β-unsaturated/α-hetero) is 1. The van der Waals surface area contributed by atoms with Crippen LogP contribution < -0.4 is 19.5 Å². The van der Waals surface area contributed by atoms with E-state index < -0.39 is 136 Å². The number of amides is 3. The zero-order chi connectivity index (χ0) is 44.2. The number of rotatable bonds is 8. The zero-order valence-corrected chi connectivity index (χ0v) is 35.9. The van der Waals surface area contributed by atoms with Crippen LogP contribution in [0.15, 0.2) is 18.2 Å². The first-order valence-corrected chi connectivity index (χ1v) is 22.7. The molecule has 336 valence electrons. The molecule has 19 heteroatoms. The van der Waals surface area contributed by atoms with Crippen molar-refractivity contribution in [2.45, 2.75) is 147 Å². The molecule has 1 saturated heterocycles. The number of hydrogen-bond donors (Lipinski definition) is 2. The van der Waals surface area contributed by atoms with Crippen molar-refractivity contribution >= 4 is 44.7 Å². The number of benzene rings is 1. The molecule has 3 aliphatic carbocycles. The number of hydrogen-bond acceptors (Lipinski definition) is 11. The predicted octanol–water partition coefficient (Wildman–Crippen LogP) is 6.44. The smallest absolute Gasteiger partial charge is 0.408 e. The molecule has 2 aliphatic heterocycles. The van der Waals surface area contributed by atoms with E-state index in [2.05, 4.69) is 15.3 Å². The Morgan fingerprint density at radius 3 is 2.33 bits per heavy atom. The topological polar surface area (TPSA) is 183 Å². The van der Waals surface area contributed by atoms with Gasteiger partial charge in [-0.25, -0.2) is 32.0 Å². The fraction of sp³-hybridized carbons (Fsp3) is 0.714. The van der Waals surface area contributed by atoms with Gasteiger partial charge in [0.15, 0.2) is 11.5 Å². The van der Waals surface area contributed by atoms with Crippen LogP contribution in [0.3, 0.4) is 0 Å². The highest BCUT2D eigenvalue weighted by Gasteiger charge is 2.66. The van der Waals surface area contributed by atoms with Gasteiger partial charge in [0.2, 0.25) is 34.1 Å². The van der Waals surface area contributed by atoms with Crippen molar-refractivity contribution in [1.29, 1.82) is 0 Å². The highest BCUT2D eigenvalue weighted by Crippen LogP contribution is 2.59. The number of carbonyl (C=O) groups excluding carboxylic acids is 4. The summed E-state index contributed by atoms with van der Waals surface area (Å²) in [4.78, 5) is 66.8. The number of methoxy groups -OCH3 is 1. The lowest BCUT2D eigenvalue weighted by Gasteiger charge is -2.37. The summed E-state index contributed by atoms with van der Waals surface area (Å²) in [5, 5.41) is 1.89. The van der Waals surface area contributed by atoms with Crippen molar-refractivity contribution in [2.24, 2.45) is 28.6 Å². The summed E-state index contributed by atoms with van der Waals surface area (Å²) in [7, 11) is -2.75. The molecular weight excluding hydrogens is 827 g/mol. The number of ketones is 1. The van der Waals surface area contributed by atoms with Crippen LogP contribution in [0.25, 0.3) is 11.0 Å². The standard InChI is InChI=1S/C42H55F4N5O9S/c1-22-31-21-51(32(22)29(52)20-41(19-26(41)35(43)44)38(54)50-61(56,57)25-14-15-25)37(53)34(40(2,3)4)49-39(55)60-30-12-7-6-10-23(30)11-8-9-17-42(45,46)33-36(59-31)48-28-18-24(58-5)13-16-27(28)47-33/h13,16,18,22-23,25-26,30-32,34-35H,6-12,14-15,17,19-21H2,1-5H3,(H,49,55)(H,50,54)/t22-,23+,26+,30-,31+,32+,34-,41-/m1/s1. The maximum atomic E-state index is 16.5. The van der Waals surface area contributed by atoms with Gasteiger partial charge < -0.3 is 24.4 Å². The van der Waals surface area contributed by atoms with Crippen molar-refractivity contribution < 1.29 is 59.4 Å². The highest BCUT2D eigenvalue weighted by molar-refractivity contribution is 7.90. The first-order valence-electron chi connectivity index (χ1n) is 21.2. The molecular formula is C42H55F4N5O9S. The van der Waals surface area contributed by atoms with Gasteiger partial charge in [0.25, 0.3) is 5.92 Å². The number of carbonyl (C=O) groups is 4. The van der Waals surface area contributed by atoms with Gasteiger partial charge in [0, 0.05) is 30.7 Å². The number of aromatic nitrogens is 2. The molecule has 61 heavy (non-hydrogen) atoms. The summed E-state index contributed by atoms with van der Waals surface area (Å²) < 4.78 is 107. The van der Waals surface area contributed by atoms with E-state index in [4.69, 9.17) is 14.2 Å². The molecule has 0 radical (unpaired) electrons. The first kappa shape index (κ1) is 44.8. The van der Waals surface area contributed by atoms with Gasteiger partial charge >= 0.3 is 6.09 Å². The van der Waals surface area contributed by atoms with E-state index in [0.29, 0.717) is 37.9 Å². The fourth-order valence-electron chi connectivity index (χ4n) is 9.36. The lowest BCUT2D eigenvalue weighted by atomic mass is 9.83. The molecule has 0 spiro atoms. The Kier molecular flexibility index (Phi) is 12.3. The summed E-state index contributed by atoms with van der Waals surface area (Å²) in [6, 6.07) is 1.74. The minimum atomic E-state index is -4.18. The number of nitrogens with one attached hydrogen (secondary N) is 2. The SMILES string of the molecule is COc1ccc2nc3c(nc2c1)O[C@H]1CN(C(=O)[C@H](C(C)(C)C)NC(=O)O[C@@H]2CCCC[C@H]2CCCCC3(F)F)[C@H](C(=O)C[C@]2(C(=O)NS(=O)(=O)C3CC3)C[C@H]2C(F)F)[C@@H]1C. The minimum absolute atomic E-state index is 0.101. The molecule has 2 N–H and O–H groups in total. The quantitative estimate of drug-likeness (QED) is 0.279. The monoisotopic (exact) mass is 881 g/mol. The summed E-state index contributed by atoms with van der Waals surface area (Å²) in [5.41, 5.74) is -3.51. The molecule has 5 aliphatic rings. The summed E-state index contributed by atoms with van der Waals surface area (Å²) in [5.74, 6) is -9.32. The summed E-state index contributed by atoms with van der Waals surface area (Å²) in [6.45, 7) is 6.21. The van der Waals surface area contributed by atoms with Crippen molar-refractivity contribution in [1.82, 2.24) is 24.9 Å². The maximum Gasteiger partial charge on any atom is 0.408 e. The van der Waals surface area contributed by atoms with Crippen molar-refractivity contribution in [3.63, 3.8) is 0 Å². The number of alkyl halides is 4. The van der Waals surface area contributed by atoms with Crippen molar-refractivity contribution in [3.8, 4) is 11.6 Å². The van der Waals surface area contributed by atoms with Crippen LogP contribution >= 0.6 is 0 Å². The molecule has 0 unspecified atom stereocenters. The molecule has 14 nitrogen and oxygen atoms in total. The van der Waals surface area contributed by atoms with Gasteiger partial charge in [-0.1, -0.05) is 40.5 Å². The van der Waals surface area contributed by atoms with Crippen LogP contribution in [0.2, 0.25) is 0 Å². The van der Waals surface area contributed by atoms with Gasteiger partial charge in [-0.15, -0.1) is 0 Å². The largest absolute Gasteiger partial charge is 0.497 e. The second kappa shape index (κ2) is 16.8. The fourth-order valence-corrected chi connectivity index (χ4v) is 10.7. The van der Waals surface area contributed by atoms with Crippen molar-refractivity contribution in [2.75, 3.05) is 13.7 Å². The number of ether oxygens (including phenoxy) is 3. The van der Waals surface area contributed by atoms with E-state index in [1.54, 1.807) is 26.8 Å². The average molecular weight is 882 g/mol. The predicted molar refractivity (Wildman–Crippen MR) is 212 cm³/mol. The van der Waals surface area contributed by atoms with E-state index in [1.807, 2.05) is 4.72 Å². The molecule has 3 saturated carbocycles. The first-order chi connectivity index (χ1) is 28.6. The second-order valence-corrected chi connectivity index (χ2v) is 20.6. The Hall–Kier alpha value is -4.29. The van der Waals surface area contributed by atoms with Crippen LogP contribution in [0, 0.1) is 28.6 Å². The summed E-state index contributed by atoms with van der Waals surface area (Å²) >= 11 is 0. The van der Waals surface area contributed by atoms with E-state index in [-0.39, 0.29) is 23.4 Å². The average Bonchev–Trinajstić information content (AvgIpc) is 4.12. The van der Waals surface area contributed by atoms with E-state index in [9.17, 15) is 36.4 Å². The molecule has 2 aromatic rings. The number of alkyl carbamates (subject to hydrolysis) is 1. The Bertz CT molecular complexity index is 2150. The number of halogens is 4. The number of nitrogens with zero attached hydrogens (tertiary/aromatic N) is 3. The molecule has 3 heterocycles. The third-order valence-electron chi connectivity index (χ3n) is 13.2. The molecule has 4 fully saturated rings. The van der Waals surface area contributed by atoms with Gasteiger partial charge in [-0.05, 0) is 74.8 Å². The van der Waals surface area contributed by atoms with E-state index in [1.165, 1.54) is 26.2 Å². The van der Waals surface area contributed by atoms with Crippen LogP contribution in [0.5, 0.6) is 11.6 Å². The van der Waals surface area contributed by atoms with Crippen LogP contribution in [-0.4, -0.2) is 96.6 Å². The van der Waals surface area contributed by atoms with E-state index in [0.717, 1.165) is 24.2 Å². The number of sulfonamides is 1.